The monoisotopic (exact) mass is 525 g/mol. The maximum atomic E-state index is 12.6. The zero-order chi connectivity index (χ0) is 23.8. The number of thiazole rings is 1. The van der Waals surface area contributed by atoms with Gasteiger partial charge in [0.05, 0.1) is 28.8 Å². The standard InChI is InChI=1S/C24H29Cl2N3O2S2/c1-24(2,3)20-14-27-21(31-20)16-32-23-15-28-22(33-23)13-19(30)12-17-4-6-18(7-5-17)29(10-8-25)11-9-26/h4-7,14-15H,8-13,16H2,1-3H3. The van der Waals surface area contributed by atoms with Crippen LogP contribution in [0.2, 0.25) is 0 Å². The molecule has 0 aliphatic rings. The van der Waals surface area contributed by atoms with E-state index in [9.17, 15) is 4.79 Å². The third kappa shape index (κ3) is 8.02. The predicted octanol–water partition coefficient (Wildman–Crippen LogP) is 6.36. The summed E-state index contributed by atoms with van der Waals surface area (Å²) in [4.78, 5) is 23.5. The highest BCUT2D eigenvalue weighted by molar-refractivity contribution is 8.00. The second-order valence-corrected chi connectivity index (χ2v) is 11.8. The van der Waals surface area contributed by atoms with Crippen LogP contribution in [-0.4, -0.2) is 40.6 Å². The zero-order valence-electron chi connectivity index (χ0n) is 19.1. The van der Waals surface area contributed by atoms with Crippen LogP contribution in [0.15, 0.2) is 45.3 Å². The van der Waals surface area contributed by atoms with Crippen molar-refractivity contribution in [2.45, 2.75) is 49.0 Å². The van der Waals surface area contributed by atoms with Crippen LogP contribution in [0.5, 0.6) is 0 Å². The van der Waals surface area contributed by atoms with Crippen molar-refractivity contribution < 1.29 is 9.21 Å². The average Bonchev–Trinajstić information content (AvgIpc) is 3.42. The molecular weight excluding hydrogens is 497 g/mol. The number of nitrogens with zero attached hydrogens (tertiary/aromatic N) is 3. The van der Waals surface area contributed by atoms with Crippen LogP contribution in [0.1, 0.15) is 43.0 Å². The lowest BCUT2D eigenvalue weighted by molar-refractivity contribution is -0.117. The van der Waals surface area contributed by atoms with Crippen molar-refractivity contribution in [3.63, 3.8) is 0 Å². The summed E-state index contributed by atoms with van der Waals surface area (Å²) in [5.41, 5.74) is 2.00. The van der Waals surface area contributed by atoms with Crippen molar-refractivity contribution in [3.8, 4) is 0 Å². The van der Waals surface area contributed by atoms with E-state index in [1.807, 2.05) is 30.5 Å². The third-order valence-electron chi connectivity index (χ3n) is 4.92. The maximum Gasteiger partial charge on any atom is 0.204 e. The number of Topliss-reactive ketones (excluding diaryl/α,β-unsaturated/α-hetero) is 1. The van der Waals surface area contributed by atoms with Crippen LogP contribution in [0.3, 0.4) is 0 Å². The van der Waals surface area contributed by atoms with Crippen LogP contribution >= 0.6 is 46.3 Å². The van der Waals surface area contributed by atoms with Crippen molar-refractivity contribution in [1.82, 2.24) is 9.97 Å². The van der Waals surface area contributed by atoms with E-state index in [4.69, 9.17) is 27.6 Å². The molecule has 1 aromatic carbocycles. The highest BCUT2D eigenvalue weighted by atomic mass is 35.5. The van der Waals surface area contributed by atoms with Gasteiger partial charge in [0, 0.05) is 42.4 Å². The highest BCUT2D eigenvalue weighted by Crippen LogP contribution is 2.30. The lowest BCUT2D eigenvalue weighted by Crippen LogP contribution is -2.27. The minimum Gasteiger partial charge on any atom is -0.444 e. The summed E-state index contributed by atoms with van der Waals surface area (Å²) >= 11 is 14.9. The van der Waals surface area contributed by atoms with E-state index in [1.165, 1.54) is 0 Å². The van der Waals surface area contributed by atoms with E-state index in [0.29, 0.717) is 36.2 Å². The molecule has 0 aliphatic heterocycles. The summed E-state index contributed by atoms with van der Waals surface area (Å²) < 4.78 is 6.89. The molecule has 0 aliphatic carbocycles. The predicted molar refractivity (Wildman–Crippen MR) is 139 cm³/mol. The second-order valence-electron chi connectivity index (χ2n) is 8.65. The van der Waals surface area contributed by atoms with E-state index in [-0.39, 0.29) is 11.2 Å². The van der Waals surface area contributed by atoms with Crippen LogP contribution < -0.4 is 4.90 Å². The van der Waals surface area contributed by atoms with Crippen molar-refractivity contribution in [2.75, 3.05) is 29.7 Å². The lowest BCUT2D eigenvalue weighted by atomic mass is 9.94. The Bertz CT molecular complexity index is 1020. The smallest absolute Gasteiger partial charge is 0.204 e. The number of alkyl halides is 2. The van der Waals surface area contributed by atoms with Crippen LogP contribution in [0.25, 0.3) is 0 Å². The summed E-state index contributed by atoms with van der Waals surface area (Å²) in [6.45, 7) is 7.78. The maximum absolute atomic E-state index is 12.6. The van der Waals surface area contributed by atoms with Gasteiger partial charge in [0.15, 0.2) is 0 Å². The minimum atomic E-state index is -0.0536. The molecule has 0 N–H and O–H groups in total. The molecule has 3 aromatic rings. The van der Waals surface area contributed by atoms with Gasteiger partial charge in [0.2, 0.25) is 5.89 Å². The molecule has 0 fully saturated rings. The number of rotatable bonds is 12. The topological polar surface area (TPSA) is 59.2 Å². The number of aromatic nitrogens is 2. The Kier molecular flexibility index (Phi) is 9.68. The largest absolute Gasteiger partial charge is 0.444 e. The first-order valence-corrected chi connectivity index (χ1v) is 13.7. The zero-order valence-corrected chi connectivity index (χ0v) is 22.3. The van der Waals surface area contributed by atoms with Gasteiger partial charge in [-0.2, -0.15) is 0 Å². The van der Waals surface area contributed by atoms with Gasteiger partial charge in [-0.05, 0) is 17.7 Å². The van der Waals surface area contributed by atoms with Crippen LogP contribution in [0, 0.1) is 0 Å². The first-order valence-electron chi connectivity index (χ1n) is 10.8. The van der Waals surface area contributed by atoms with Crippen molar-refractivity contribution in [3.05, 3.63) is 58.9 Å². The van der Waals surface area contributed by atoms with Gasteiger partial charge in [-0.25, -0.2) is 9.97 Å². The van der Waals surface area contributed by atoms with Gasteiger partial charge in [0.1, 0.15) is 16.6 Å². The third-order valence-corrected chi connectivity index (χ3v) is 7.44. The minimum absolute atomic E-state index is 0.0536. The highest BCUT2D eigenvalue weighted by Gasteiger charge is 2.19. The van der Waals surface area contributed by atoms with E-state index < -0.39 is 0 Å². The number of thioether (sulfide) groups is 1. The Morgan fingerprint density at radius 3 is 2.36 bits per heavy atom. The number of oxazole rings is 1. The number of benzene rings is 1. The normalized spacial score (nSPS) is 11.7. The van der Waals surface area contributed by atoms with Crippen molar-refractivity contribution in [1.29, 1.82) is 0 Å². The van der Waals surface area contributed by atoms with E-state index in [0.717, 1.165) is 39.3 Å². The lowest BCUT2D eigenvalue weighted by Gasteiger charge is -2.23. The Morgan fingerprint density at radius 2 is 1.76 bits per heavy atom. The number of anilines is 1. The van der Waals surface area contributed by atoms with Gasteiger partial charge in [-0.1, -0.05) is 32.9 Å². The molecule has 9 heteroatoms. The molecule has 0 atom stereocenters. The molecule has 0 spiro atoms. The molecule has 2 aromatic heterocycles. The molecule has 33 heavy (non-hydrogen) atoms. The molecular formula is C24H29Cl2N3O2S2. The molecule has 2 heterocycles. The Hall–Kier alpha value is -1.54. The Morgan fingerprint density at radius 1 is 1.06 bits per heavy atom. The fraction of sp³-hybridized carbons (Fsp3) is 0.458. The fourth-order valence-electron chi connectivity index (χ4n) is 3.16. The van der Waals surface area contributed by atoms with Gasteiger partial charge in [0.25, 0.3) is 0 Å². The summed E-state index contributed by atoms with van der Waals surface area (Å²) in [6.07, 6.45) is 4.35. The number of carbonyl (C=O) groups excluding carboxylic acids is 1. The number of hydrogen-bond acceptors (Lipinski definition) is 7. The molecule has 5 nitrogen and oxygen atoms in total. The first-order chi connectivity index (χ1) is 15.8. The van der Waals surface area contributed by atoms with Crippen LogP contribution in [0.4, 0.5) is 5.69 Å². The van der Waals surface area contributed by atoms with Crippen molar-refractivity contribution >= 4 is 57.8 Å². The van der Waals surface area contributed by atoms with E-state index in [2.05, 4.69) is 35.6 Å². The molecule has 0 bridgehead atoms. The summed E-state index contributed by atoms with van der Waals surface area (Å²) in [6, 6.07) is 8.03. The average molecular weight is 527 g/mol. The molecule has 0 amide bonds. The summed E-state index contributed by atoms with van der Waals surface area (Å²) in [5, 5.41) is 0.831. The Balaban J connectivity index is 1.49. The number of carbonyl (C=O) groups is 1. The first kappa shape index (κ1) is 26.1. The van der Waals surface area contributed by atoms with Gasteiger partial charge < -0.3 is 9.32 Å². The number of hydrogen-bond donors (Lipinski definition) is 0. The van der Waals surface area contributed by atoms with Gasteiger partial charge in [-0.3, -0.25) is 4.79 Å². The van der Waals surface area contributed by atoms with Gasteiger partial charge >= 0.3 is 0 Å². The molecule has 178 valence electrons. The van der Waals surface area contributed by atoms with E-state index in [1.54, 1.807) is 29.3 Å². The number of ketones is 1. The quantitative estimate of drug-likeness (QED) is 0.202. The van der Waals surface area contributed by atoms with Crippen LogP contribution in [-0.2, 0) is 28.8 Å². The van der Waals surface area contributed by atoms with Gasteiger partial charge in [-0.15, -0.1) is 46.3 Å². The van der Waals surface area contributed by atoms with E-state index >= 15 is 0 Å². The summed E-state index contributed by atoms with van der Waals surface area (Å²) in [7, 11) is 0. The Labute approximate surface area is 213 Å². The molecule has 0 saturated carbocycles. The number of halogens is 2. The molecule has 0 unspecified atom stereocenters. The van der Waals surface area contributed by atoms with Crippen molar-refractivity contribution in [2.24, 2.45) is 0 Å². The second kappa shape index (κ2) is 12.2. The fourth-order valence-corrected chi connectivity index (χ4v) is 5.47. The molecule has 0 radical (unpaired) electrons. The molecule has 3 rings (SSSR count). The SMILES string of the molecule is CC(C)(C)c1cnc(CSc2cnc(CC(=O)Cc3ccc(N(CCCl)CCCl)cc3)s2)o1. The summed E-state index contributed by atoms with van der Waals surface area (Å²) in [5.74, 6) is 3.46. The molecule has 0 saturated heterocycles.